The van der Waals surface area contributed by atoms with Crippen molar-refractivity contribution >= 4 is 6.21 Å². The number of halogens is 1. The standard InChI is InChI=1S/C13H17FN2/c14-12-6-4-11(5-7-12)9-16-13-3-1-2-8-15-10-13/h4-7,9,13,15H,1-3,8,10H2/t13-/m1/s1. The van der Waals surface area contributed by atoms with E-state index in [0.717, 1.165) is 25.1 Å². The summed E-state index contributed by atoms with van der Waals surface area (Å²) in [6, 6.07) is 6.80. The minimum Gasteiger partial charge on any atom is -0.315 e. The Morgan fingerprint density at radius 1 is 1.25 bits per heavy atom. The Bertz CT molecular complexity index is 337. The third kappa shape index (κ3) is 3.42. The molecule has 1 heterocycles. The van der Waals surface area contributed by atoms with Gasteiger partial charge in [-0.1, -0.05) is 18.6 Å². The van der Waals surface area contributed by atoms with Crippen LogP contribution in [0.15, 0.2) is 29.3 Å². The van der Waals surface area contributed by atoms with Gasteiger partial charge in [0.2, 0.25) is 0 Å². The zero-order valence-electron chi connectivity index (χ0n) is 9.32. The lowest BCUT2D eigenvalue weighted by Crippen LogP contribution is -2.23. The SMILES string of the molecule is Fc1ccc(C=N[C@@H]2CCCCNC2)cc1. The van der Waals surface area contributed by atoms with E-state index >= 15 is 0 Å². The van der Waals surface area contributed by atoms with Crippen LogP contribution < -0.4 is 5.32 Å². The van der Waals surface area contributed by atoms with Gasteiger partial charge in [0.15, 0.2) is 0 Å². The molecule has 16 heavy (non-hydrogen) atoms. The number of nitrogens with zero attached hydrogens (tertiary/aromatic N) is 1. The van der Waals surface area contributed by atoms with Crippen molar-refractivity contribution < 1.29 is 4.39 Å². The highest BCUT2D eigenvalue weighted by molar-refractivity contribution is 5.79. The molecule has 0 radical (unpaired) electrons. The maximum atomic E-state index is 12.7. The molecule has 1 aromatic carbocycles. The molecule has 0 unspecified atom stereocenters. The maximum absolute atomic E-state index is 12.7. The predicted molar refractivity (Wildman–Crippen MR) is 64.5 cm³/mol. The largest absolute Gasteiger partial charge is 0.315 e. The van der Waals surface area contributed by atoms with Crippen LogP contribution in [-0.4, -0.2) is 25.3 Å². The molecule has 0 saturated carbocycles. The van der Waals surface area contributed by atoms with E-state index in [1.54, 1.807) is 12.1 Å². The van der Waals surface area contributed by atoms with Gasteiger partial charge in [0.25, 0.3) is 0 Å². The molecule has 3 heteroatoms. The van der Waals surface area contributed by atoms with Crippen LogP contribution in [0.4, 0.5) is 4.39 Å². The van der Waals surface area contributed by atoms with Crippen molar-refractivity contribution in [3.05, 3.63) is 35.6 Å². The number of hydrogen-bond acceptors (Lipinski definition) is 2. The molecule has 1 aliphatic rings. The highest BCUT2D eigenvalue weighted by atomic mass is 19.1. The van der Waals surface area contributed by atoms with Crippen LogP contribution in [0.25, 0.3) is 0 Å². The average Bonchev–Trinajstić information content (AvgIpc) is 2.57. The van der Waals surface area contributed by atoms with Crippen LogP contribution in [0.1, 0.15) is 24.8 Å². The van der Waals surface area contributed by atoms with Gasteiger partial charge in [0.05, 0.1) is 6.04 Å². The normalized spacial score (nSPS) is 22.2. The summed E-state index contributed by atoms with van der Waals surface area (Å²) in [5.41, 5.74) is 0.964. The van der Waals surface area contributed by atoms with E-state index in [2.05, 4.69) is 10.3 Å². The Kier molecular flexibility index (Phi) is 4.05. The second kappa shape index (κ2) is 5.75. The lowest BCUT2D eigenvalue weighted by Gasteiger charge is -2.07. The minimum atomic E-state index is -0.201. The van der Waals surface area contributed by atoms with E-state index in [0.29, 0.717) is 6.04 Å². The fourth-order valence-corrected chi connectivity index (χ4v) is 1.87. The van der Waals surface area contributed by atoms with Gasteiger partial charge in [-0.05, 0) is 37.1 Å². The van der Waals surface area contributed by atoms with Crippen LogP contribution in [0.3, 0.4) is 0 Å². The quantitative estimate of drug-likeness (QED) is 0.760. The molecule has 0 spiro atoms. The van der Waals surface area contributed by atoms with Gasteiger partial charge in [-0.2, -0.15) is 0 Å². The molecular weight excluding hydrogens is 203 g/mol. The lowest BCUT2D eigenvalue weighted by molar-refractivity contribution is 0.605. The topological polar surface area (TPSA) is 24.4 Å². The van der Waals surface area contributed by atoms with Crippen LogP contribution >= 0.6 is 0 Å². The molecule has 1 N–H and O–H groups in total. The third-order valence-electron chi connectivity index (χ3n) is 2.83. The van der Waals surface area contributed by atoms with E-state index in [1.807, 2.05) is 6.21 Å². The van der Waals surface area contributed by atoms with Crippen LogP contribution in [0.5, 0.6) is 0 Å². The monoisotopic (exact) mass is 220 g/mol. The molecule has 1 aromatic rings. The number of rotatable bonds is 2. The third-order valence-corrected chi connectivity index (χ3v) is 2.83. The molecule has 1 atom stereocenters. The van der Waals surface area contributed by atoms with E-state index in [-0.39, 0.29) is 5.82 Å². The van der Waals surface area contributed by atoms with Gasteiger partial charge in [-0.25, -0.2) is 4.39 Å². The van der Waals surface area contributed by atoms with Crippen LogP contribution in [0.2, 0.25) is 0 Å². The van der Waals surface area contributed by atoms with Crippen molar-refractivity contribution in [3.63, 3.8) is 0 Å². The smallest absolute Gasteiger partial charge is 0.123 e. The van der Waals surface area contributed by atoms with E-state index in [4.69, 9.17) is 0 Å². The molecular formula is C13H17FN2. The molecule has 1 aliphatic heterocycles. The Labute approximate surface area is 95.6 Å². The average molecular weight is 220 g/mol. The first-order valence-corrected chi connectivity index (χ1v) is 5.84. The molecule has 1 fully saturated rings. The van der Waals surface area contributed by atoms with Crippen molar-refractivity contribution in [1.82, 2.24) is 5.32 Å². The summed E-state index contributed by atoms with van der Waals surface area (Å²) in [5, 5.41) is 3.37. The molecule has 86 valence electrons. The highest BCUT2D eigenvalue weighted by Crippen LogP contribution is 2.08. The van der Waals surface area contributed by atoms with Crippen molar-refractivity contribution in [2.45, 2.75) is 25.3 Å². The molecule has 0 aliphatic carbocycles. The summed E-state index contributed by atoms with van der Waals surface area (Å²) in [7, 11) is 0. The number of nitrogens with one attached hydrogen (secondary N) is 1. The Morgan fingerprint density at radius 2 is 2.06 bits per heavy atom. The van der Waals surface area contributed by atoms with Gasteiger partial charge >= 0.3 is 0 Å². The zero-order chi connectivity index (χ0) is 11.2. The highest BCUT2D eigenvalue weighted by Gasteiger charge is 2.08. The molecule has 0 aromatic heterocycles. The summed E-state index contributed by atoms with van der Waals surface area (Å²) < 4.78 is 12.7. The molecule has 2 nitrogen and oxygen atoms in total. The predicted octanol–water partition coefficient (Wildman–Crippen LogP) is 2.39. The number of aliphatic imine (C=N–C) groups is 1. The van der Waals surface area contributed by atoms with Gasteiger partial charge < -0.3 is 5.32 Å². The van der Waals surface area contributed by atoms with E-state index in [1.165, 1.54) is 25.0 Å². The molecule has 0 bridgehead atoms. The maximum Gasteiger partial charge on any atom is 0.123 e. The van der Waals surface area contributed by atoms with Gasteiger partial charge in [-0.3, -0.25) is 4.99 Å². The van der Waals surface area contributed by atoms with E-state index < -0.39 is 0 Å². The van der Waals surface area contributed by atoms with E-state index in [9.17, 15) is 4.39 Å². The Balaban J connectivity index is 1.94. The van der Waals surface area contributed by atoms with Crippen molar-refractivity contribution in [1.29, 1.82) is 0 Å². The molecule has 1 saturated heterocycles. The van der Waals surface area contributed by atoms with Crippen molar-refractivity contribution in [2.75, 3.05) is 13.1 Å². The summed E-state index contributed by atoms with van der Waals surface area (Å²) in [5.74, 6) is -0.201. The molecule has 2 rings (SSSR count). The zero-order valence-corrected chi connectivity index (χ0v) is 9.32. The van der Waals surface area contributed by atoms with Crippen LogP contribution in [-0.2, 0) is 0 Å². The van der Waals surface area contributed by atoms with Gasteiger partial charge in [0, 0.05) is 12.8 Å². The fraction of sp³-hybridized carbons (Fsp3) is 0.462. The molecule has 0 amide bonds. The summed E-state index contributed by atoms with van der Waals surface area (Å²) in [4.78, 5) is 4.53. The second-order valence-corrected chi connectivity index (χ2v) is 4.18. The second-order valence-electron chi connectivity index (χ2n) is 4.18. The first kappa shape index (κ1) is 11.3. The van der Waals surface area contributed by atoms with Crippen molar-refractivity contribution in [3.8, 4) is 0 Å². The van der Waals surface area contributed by atoms with Gasteiger partial charge in [0.1, 0.15) is 5.82 Å². The Morgan fingerprint density at radius 3 is 2.88 bits per heavy atom. The summed E-state index contributed by atoms with van der Waals surface area (Å²) in [6.07, 6.45) is 5.46. The van der Waals surface area contributed by atoms with Crippen LogP contribution in [0, 0.1) is 5.82 Å². The van der Waals surface area contributed by atoms with Crippen molar-refractivity contribution in [2.24, 2.45) is 4.99 Å². The lowest BCUT2D eigenvalue weighted by atomic mass is 10.1. The van der Waals surface area contributed by atoms with Gasteiger partial charge in [-0.15, -0.1) is 0 Å². The number of benzene rings is 1. The first-order valence-electron chi connectivity index (χ1n) is 5.84. The minimum absolute atomic E-state index is 0.201. The fourth-order valence-electron chi connectivity index (χ4n) is 1.87. The number of hydrogen-bond donors (Lipinski definition) is 1. The summed E-state index contributed by atoms with van der Waals surface area (Å²) in [6.45, 7) is 2.06. The summed E-state index contributed by atoms with van der Waals surface area (Å²) >= 11 is 0. The first-order chi connectivity index (χ1) is 7.84. The Hall–Kier alpha value is -1.22.